The molecule has 0 saturated carbocycles. The van der Waals surface area contributed by atoms with E-state index in [1.54, 1.807) is 4.90 Å². The maximum absolute atomic E-state index is 12.8. The first-order valence-electron chi connectivity index (χ1n) is 12.7. The van der Waals surface area contributed by atoms with E-state index in [9.17, 15) is 14.7 Å². The number of nitrogens with one attached hydrogen (secondary N) is 1. The fraction of sp³-hybridized carbons (Fsp3) is 0.310. The molecule has 2 N–H and O–H groups in total. The molecule has 0 radical (unpaired) electrons. The van der Waals surface area contributed by atoms with E-state index in [2.05, 4.69) is 28.1 Å². The Morgan fingerprint density at radius 2 is 1.73 bits per heavy atom. The standard InChI is InChI=1S/C29H31ClN4O3/c30-23-10-6-9-22(17-23)20-32(19-21-7-2-1-3-8-21)15-13-24-18-25(14-16-33(24)29(36)37)34-27-12-5-4-11-26(27)31-28(34)35/h1-12,17,24-25H,13-16,18-20H2,(H,31,35)(H,36,37). The van der Waals surface area contributed by atoms with Crippen LogP contribution in [0.25, 0.3) is 11.0 Å². The predicted molar refractivity (Wildman–Crippen MR) is 146 cm³/mol. The Labute approximate surface area is 220 Å². The molecule has 1 amide bonds. The zero-order valence-electron chi connectivity index (χ0n) is 20.6. The van der Waals surface area contributed by atoms with Crippen LogP contribution in [0.2, 0.25) is 5.02 Å². The Hall–Kier alpha value is -3.55. The van der Waals surface area contributed by atoms with E-state index in [4.69, 9.17) is 11.6 Å². The number of fused-ring (bicyclic) bond motifs is 1. The van der Waals surface area contributed by atoms with Crippen LogP contribution >= 0.6 is 11.6 Å². The molecule has 192 valence electrons. The van der Waals surface area contributed by atoms with Gasteiger partial charge in [-0.05, 0) is 54.7 Å². The van der Waals surface area contributed by atoms with Crippen molar-refractivity contribution in [2.24, 2.45) is 0 Å². The summed E-state index contributed by atoms with van der Waals surface area (Å²) in [5, 5.41) is 10.6. The molecule has 2 atom stereocenters. The van der Waals surface area contributed by atoms with Gasteiger partial charge in [0.25, 0.3) is 0 Å². The molecule has 0 aliphatic carbocycles. The molecule has 0 spiro atoms. The Kier molecular flexibility index (Phi) is 7.63. The van der Waals surface area contributed by atoms with Gasteiger partial charge in [-0.1, -0.05) is 66.2 Å². The van der Waals surface area contributed by atoms with Crippen molar-refractivity contribution in [3.8, 4) is 0 Å². The quantitative estimate of drug-likeness (QED) is 0.311. The number of halogens is 1. The molecular formula is C29H31ClN4O3. The van der Waals surface area contributed by atoms with Crippen LogP contribution < -0.4 is 5.69 Å². The number of carboxylic acid groups (broad SMARTS) is 1. The largest absolute Gasteiger partial charge is 0.465 e. The van der Waals surface area contributed by atoms with Gasteiger partial charge >= 0.3 is 11.8 Å². The second-order valence-electron chi connectivity index (χ2n) is 9.74. The molecule has 1 saturated heterocycles. The van der Waals surface area contributed by atoms with Crippen molar-refractivity contribution in [3.05, 3.63) is 105 Å². The number of nitrogens with zero attached hydrogens (tertiary/aromatic N) is 3. The van der Waals surface area contributed by atoms with E-state index in [0.29, 0.717) is 43.9 Å². The van der Waals surface area contributed by atoms with Gasteiger partial charge in [0.05, 0.1) is 11.0 Å². The van der Waals surface area contributed by atoms with Crippen LogP contribution in [-0.4, -0.2) is 49.7 Å². The Bertz CT molecular complexity index is 1420. The predicted octanol–water partition coefficient (Wildman–Crippen LogP) is 5.76. The molecule has 1 aliphatic rings. The average molecular weight is 519 g/mol. The number of H-pyrrole nitrogens is 1. The summed E-state index contributed by atoms with van der Waals surface area (Å²) in [6.07, 6.45) is 0.984. The second-order valence-corrected chi connectivity index (χ2v) is 10.2. The van der Waals surface area contributed by atoms with Crippen LogP contribution in [0.15, 0.2) is 83.7 Å². The summed E-state index contributed by atoms with van der Waals surface area (Å²) in [5.41, 5.74) is 3.85. The lowest BCUT2D eigenvalue weighted by Gasteiger charge is -2.39. The third-order valence-electron chi connectivity index (χ3n) is 7.25. The topological polar surface area (TPSA) is 81.6 Å². The van der Waals surface area contributed by atoms with Crippen LogP contribution in [0.5, 0.6) is 0 Å². The van der Waals surface area contributed by atoms with Crippen molar-refractivity contribution in [2.45, 2.75) is 44.4 Å². The summed E-state index contributed by atoms with van der Waals surface area (Å²) in [6.45, 7) is 2.58. The monoisotopic (exact) mass is 518 g/mol. The number of hydrogen-bond acceptors (Lipinski definition) is 3. The molecule has 37 heavy (non-hydrogen) atoms. The maximum Gasteiger partial charge on any atom is 0.407 e. The minimum atomic E-state index is -0.904. The van der Waals surface area contributed by atoms with Crippen molar-refractivity contribution in [1.82, 2.24) is 19.4 Å². The van der Waals surface area contributed by atoms with Crippen molar-refractivity contribution in [1.29, 1.82) is 0 Å². The van der Waals surface area contributed by atoms with Crippen molar-refractivity contribution in [3.63, 3.8) is 0 Å². The summed E-state index contributed by atoms with van der Waals surface area (Å²) in [4.78, 5) is 31.8. The average Bonchev–Trinajstić information content (AvgIpc) is 3.23. The molecule has 1 aliphatic heterocycles. The second kappa shape index (κ2) is 11.2. The number of benzene rings is 3. The van der Waals surface area contributed by atoms with Crippen molar-refractivity contribution in [2.75, 3.05) is 13.1 Å². The highest BCUT2D eigenvalue weighted by atomic mass is 35.5. The normalized spacial score (nSPS) is 17.9. The number of likely N-dealkylation sites (tertiary alicyclic amines) is 1. The molecule has 8 heteroatoms. The highest BCUT2D eigenvalue weighted by molar-refractivity contribution is 6.30. The van der Waals surface area contributed by atoms with Gasteiger partial charge in [-0.15, -0.1) is 0 Å². The van der Waals surface area contributed by atoms with Gasteiger partial charge in [0.1, 0.15) is 0 Å². The Morgan fingerprint density at radius 3 is 2.51 bits per heavy atom. The third-order valence-corrected chi connectivity index (χ3v) is 7.48. The highest BCUT2D eigenvalue weighted by Crippen LogP contribution is 2.30. The molecule has 3 aromatic carbocycles. The van der Waals surface area contributed by atoms with Gasteiger partial charge in [0, 0.05) is 43.3 Å². The molecular weight excluding hydrogens is 488 g/mol. The molecule has 2 heterocycles. The lowest BCUT2D eigenvalue weighted by atomic mass is 9.94. The van der Waals surface area contributed by atoms with Crippen LogP contribution in [0, 0.1) is 0 Å². The summed E-state index contributed by atoms with van der Waals surface area (Å²) >= 11 is 6.24. The number of imidazole rings is 1. The first-order chi connectivity index (χ1) is 18.0. The minimum absolute atomic E-state index is 0.0558. The molecule has 4 aromatic rings. The number of aromatic amines is 1. The van der Waals surface area contributed by atoms with Gasteiger partial charge in [-0.2, -0.15) is 0 Å². The highest BCUT2D eigenvalue weighted by Gasteiger charge is 2.33. The fourth-order valence-electron chi connectivity index (χ4n) is 5.51. The number of hydrogen-bond donors (Lipinski definition) is 2. The lowest BCUT2D eigenvalue weighted by molar-refractivity contribution is 0.0812. The third kappa shape index (κ3) is 5.89. The van der Waals surface area contributed by atoms with Crippen LogP contribution in [-0.2, 0) is 13.1 Å². The van der Waals surface area contributed by atoms with Crippen LogP contribution in [0.1, 0.15) is 36.4 Å². The van der Waals surface area contributed by atoms with Gasteiger partial charge in [0.2, 0.25) is 0 Å². The summed E-state index contributed by atoms with van der Waals surface area (Å²) in [5.74, 6) is 0. The molecule has 2 unspecified atom stereocenters. The SMILES string of the molecule is O=C(O)N1CCC(n2c(=O)[nH]c3ccccc32)CC1CCN(Cc1ccccc1)Cc1cccc(Cl)c1. The fourth-order valence-corrected chi connectivity index (χ4v) is 5.72. The Balaban J connectivity index is 1.35. The number of piperidine rings is 1. The number of para-hydroxylation sites is 2. The first kappa shape index (κ1) is 25.1. The minimum Gasteiger partial charge on any atom is -0.465 e. The van der Waals surface area contributed by atoms with E-state index < -0.39 is 6.09 Å². The van der Waals surface area contributed by atoms with Gasteiger partial charge in [-0.3, -0.25) is 9.47 Å². The zero-order chi connectivity index (χ0) is 25.8. The van der Waals surface area contributed by atoms with Crippen LogP contribution in [0.4, 0.5) is 4.79 Å². The molecule has 1 aromatic heterocycles. The number of amides is 1. The molecule has 7 nitrogen and oxygen atoms in total. The Morgan fingerprint density at radius 1 is 1.00 bits per heavy atom. The van der Waals surface area contributed by atoms with E-state index in [1.807, 2.05) is 65.2 Å². The van der Waals surface area contributed by atoms with Crippen molar-refractivity contribution >= 4 is 28.7 Å². The maximum atomic E-state index is 12.8. The lowest BCUT2D eigenvalue weighted by Crippen LogP contribution is -2.48. The molecule has 5 rings (SSSR count). The smallest absolute Gasteiger partial charge is 0.407 e. The molecule has 0 bridgehead atoms. The summed E-state index contributed by atoms with van der Waals surface area (Å²) in [6, 6.07) is 25.6. The van der Waals surface area contributed by atoms with Gasteiger partial charge in [0.15, 0.2) is 0 Å². The molecule has 1 fully saturated rings. The van der Waals surface area contributed by atoms with E-state index in [-0.39, 0.29) is 17.8 Å². The van der Waals surface area contributed by atoms with Crippen LogP contribution in [0.3, 0.4) is 0 Å². The summed E-state index contributed by atoms with van der Waals surface area (Å²) in [7, 11) is 0. The number of rotatable bonds is 8. The zero-order valence-corrected chi connectivity index (χ0v) is 21.3. The number of carbonyl (C=O) groups is 1. The van der Waals surface area contributed by atoms with E-state index >= 15 is 0 Å². The summed E-state index contributed by atoms with van der Waals surface area (Å²) < 4.78 is 1.81. The van der Waals surface area contributed by atoms with E-state index in [0.717, 1.165) is 23.1 Å². The van der Waals surface area contributed by atoms with Gasteiger partial charge < -0.3 is 15.0 Å². The first-order valence-corrected chi connectivity index (χ1v) is 13.1. The van der Waals surface area contributed by atoms with Gasteiger partial charge in [-0.25, -0.2) is 9.59 Å². The number of aromatic nitrogens is 2. The van der Waals surface area contributed by atoms with Crippen molar-refractivity contribution < 1.29 is 9.90 Å². The van der Waals surface area contributed by atoms with E-state index in [1.165, 1.54) is 5.56 Å².